The summed E-state index contributed by atoms with van der Waals surface area (Å²) in [6.07, 6.45) is -1.38. The molecule has 24 heavy (non-hydrogen) atoms. The Labute approximate surface area is 161 Å². The number of hydrogen-bond acceptors (Lipinski definition) is 4. The van der Waals surface area contributed by atoms with Crippen LogP contribution in [0.3, 0.4) is 0 Å². The number of unbranched alkanes of at least 4 members (excludes halogenated alkanes) is 2. The number of methoxy groups -OCH3 is 1. The first kappa shape index (κ1) is 23.4. The predicted octanol–water partition coefficient (Wildman–Crippen LogP) is 3.65. The molecule has 0 fully saturated rings. The van der Waals surface area contributed by atoms with Crippen LogP contribution >= 0.6 is 35.3 Å². The van der Waals surface area contributed by atoms with Gasteiger partial charge >= 0.3 is 6.18 Å². The van der Waals surface area contributed by atoms with Crippen LogP contribution < -0.4 is 10.6 Å². The third kappa shape index (κ3) is 9.62. The van der Waals surface area contributed by atoms with E-state index in [-0.39, 0.29) is 30.5 Å². The van der Waals surface area contributed by atoms with Crippen molar-refractivity contribution in [2.24, 2.45) is 4.99 Å². The molecule has 0 saturated heterocycles. The highest BCUT2D eigenvalue weighted by Crippen LogP contribution is 2.30. The maximum atomic E-state index is 12.5. The Bertz CT molecular complexity index is 483. The maximum Gasteiger partial charge on any atom is 0.434 e. The van der Waals surface area contributed by atoms with Gasteiger partial charge in [-0.25, -0.2) is 9.98 Å². The van der Waals surface area contributed by atoms with Gasteiger partial charge in [0.25, 0.3) is 0 Å². The zero-order chi connectivity index (χ0) is 17.1. The minimum absolute atomic E-state index is 0. The lowest BCUT2D eigenvalue weighted by molar-refractivity contribution is -0.140. The Hall–Kier alpha value is -0.620. The summed E-state index contributed by atoms with van der Waals surface area (Å²) in [5, 5.41) is 7.58. The van der Waals surface area contributed by atoms with Gasteiger partial charge in [-0.05, 0) is 26.2 Å². The lowest BCUT2D eigenvalue weighted by Crippen LogP contribution is -2.37. The number of aliphatic imine (C=N–C) groups is 1. The lowest BCUT2D eigenvalue weighted by Gasteiger charge is -2.10. The number of hydrogen-bond donors (Lipinski definition) is 2. The van der Waals surface area contributed by atoms with E-state index >= 15 is 0 Å². The molecule has 1 aromatic rings. The SMILES string of the molecule is CCNC(=NCc1nc(C(F)(F)F)cs1)NCCCCCOC.I. The molecule has 140 valence electrons. The number of aromatic nitrogens is 1. The van der Waals surface area contributed by atoms with Crippen LogP contribution in [-0.2, 0) is 17.5 Å². The molecule has 5 nitrogen and oxygen atoms in total. The molecule has 0 radical (unpaired) electrons. The van der Waals surface area contributed by atoms with Crippen LogP contribution in [0.2, 0.25) is 0 Å². The summed E-state index contributed by atoms with van der Waals surface area (Å²) >= 11 is 0.966. The van der Waals surface area contributed by atoms with Crippen molar-refractivity contribution in [2.45, 2.75) is 38.9 Å². The molecule has 1 aromatic heterocycles. The molecule has 0 aliphatic rings. The standard InChI is InChI=1S/C14H23F3N4OS.HI/c1-3-18-13(19-7-5-4-6-8-22-2)20-9-12-21-11(10-23-12)14(15,16)17;/h10H,3-9H2,1-2H3,(H2,18,19,20);1H. The van der Waals surface area contributed by atoms with Gasteiger partial charge in [-0.15, -0.1) is 35.3 Å². The molecule has 0 atom stereocenters. The summed E-state index contributed by atoms with van der Waals surface area (Å²) in [6.45, 7) is 4.24. The highest BCUT2D eigenvalue weighted by Gasteiger charge is 2.33. The highest BCUT2D eigenvalue weighted by atomic mass is 127. The fourth-order valence-electron chi connectivity index (χ4n) is 1.76. The van der Waals surface area contributed by atoms with E-state index in [9.17, 15) is 13.2 Å². The quantitative estimate of drug-likeness (QED) is 0.245. The van der Waals surface area contributed by atoms with Crippen LogP contribution in [0.4, 0.5) is 13.2 Å². The van der Waals surface area contributed by atoms with Gasteiger partial charge in [-0.3, -0.25) is 0 Å². The van der Waals surface area contributed by atoms with E-state index in [2.05, 4.69) is 20.6 Å². The smallest absolute Gasteiger partial charge is 0.385 e. The number of halogens is 4. The first-order valence-corrected chi connectivity index (χ1v) is 8.38. The second-order valence-electron chi connectivity index (χ2n) is 4.80. The first-order chi connectivity index (χ1) is 11.0. The Balaban J connectivity index is 0.00000529. The summed E-state index contributed by atoms with van der Waals surface area (Å²) in [5.41, 5.74) is -0.858. The largest absolute Gasteiger partial charge is 0.434 e. The maximum absolute atomic E-state index is 12.5. The van der Waals surface area contributed by atoms with Gasteiger partial charge in [0.05, 0.1) is 6.54 Å². The molecule has 0 aliphatic carbocycles. The van der Waals surface area contributed by atoms with E-state index in [0.29, 0.717) is 17.5 Å². The van der Waals surface area contributed by atoms with Gasteiger partial charge < -0.3 is 15.4 Å². The van der Waals surface area contributed by atoms with E-state index in [1.807, 2.05) is 6.92 Å². The van der Waals surface area contributed by atoms with Crippen LogP contribution in [-0.4, -0.2) is 37.7 Å². The van der Waals surface area contributed by atoms with Crippen LogP contribution in [0.15, 0.2) is 10.4 Å². The number of ether oxygens (including phenoxy) is 1. The molecule has 0 spiro atoms. The number of nitrogens with zero attached hydrogens (tertiary/aromatic N) is 2. The second-order valence-corrected chi connectivity index (χ2v) is 5.74. The van der Waals surface area contributed by atoms with Crippen LogP contribution in [0, 0.1) is 0 Å². The molecule has 0 amide bonds. The summed E-state index contributed by atoms with van der Waals surface area (Å²) in [4.78, 5) is 7.82. The molecule has 0 aromatic carbocycles. The normalized spacial score (nSPS) is 12.0. The van der Waals surface area contributed by atoms with Crippen molar-refractivity contribution < 1.29 is 17.9 Å². The van der Waals surface area contributed by atoms with Gasteiger partial charge in [0.1, 0.15) is 5.01 Å². The molecule has 1 heterocycles. The third-order valence-corrected chi connectivity index (χ3v) is 3.71. The van der Waals surface area contributed by atoms with Gasteiger partial charge in [0.2, 0.25) is 0 Å². The minimum atomic E-state index is -4.40. The minimum Gasteiger partial charge on any atom is -0.385 e. The average Bonchev–Trinajstić information content (AvgIpc) is 2.97. The van der Waals surface area contributed by atoms with E-state index in [1.165, 1.54) is 0 Å². The van der Waals surface area contributed by atoms with Gasteiger partial charge in [-0.2, -0.15) is 13.2 Å². The summed E-state index contributed by atoms with van der Waals surface area (Å²) in [6, 6.07) is 0. The molecule has 0 unspecified atom stereocenters. The number of nitrogens with one attached hydrogen (secondary N) is 2. The van der Waals surface area contributed by atoms with Crippen LogP contribution in [0.5, 0.6) is 0 Å². The molecule has 1 rings (SSSR count). The lowest BCUT2D eigenvalue weighted by atomic mass is 10.2. The molecule has 0 aliphatic heterocycles. The summed E-state index contributed by atoms with van der Waals surface area (Å²) in [5.74, 6) is 0.586. The fourth-order valence-corrected chi connectivity index (χ4v) is 2.48. The average molecular weight is 480 g/mol. The van der Waals surface area contributed by atoms with E-state index in [1.54, 1.807) is 7.11 Å². The molecule has 0 bridgehead atoms. The highest BCUT2D eigenvalue weighted by molar-refractivity contribution is 14.0. The number of rotatable bonds is 9. The Kier molecular flexibility index (Phi) is 12.4. The van der Waals surface area contributed by atoms with Crippen molar-refractivity contribution in [3.8, 4) is 0 Å². The number of guanidine groups is 1. The van der Waals surface area contributed by atoms with E-state index in [4.69, 9.17) is 4.74 Å². The molecule has 10 heteroatoms. The Morgan fingerprint density at radius 1 is 1.29 bits per heavy atom. The molecular formula is C14H24F3IN4OS. The predicted molar refractivity (Wildman–Crippen MR) is 101 cm³/mol. The third-order valence-electron chi connectivity index (χ3n) is 2.88. The summed E-state index contributed by atoms with van der Waals surface area (Å²) < 4.78 is 42.4. The molecule has 2 N–H and O–H groups in total. The zero-order valence-corrected chi connectivity index (χ0v) is 16.9. The van der Waals surface area contributed by atoms with Gasteiger partial charge in [0.15, 0.2) is 11.7 Å². The van der Waals surface area contributed by atoms with Crippen molar-refractivity contribution in [2.75, 3.05) is 26.8 Å². The van der Waals surface area contributed by atoms with Crippen LogP contribution in [0.1, 0.15) is 36.9 Å². The number of thiazole rings is 1. The van der Waals surface area contributed by atoms with Gasteiger partial charge in [0, 0.05) is 32.2 Å². The van der Waals surface area contributed by atoms with Crippen molar-refractivity contribution in [3.05, 3.63) is 16.1 Å². The first-order valence-electron chi connectivity index (χ1n) is 7.50. The van der Waals surface area contributed by atoms with Crippen molar-refractivity contribution in [3.63, 3.8) is 0 Å². The Morgan fingerprint density at radius 2 is 2.04 bits per heavy atom. The molecule has 0 saturated carbocycles. The topological polar surface area (TPSA) is 58.5 Å². The summed E-state index contributed by atoms with van der Waals surface area (Å²) in [7, 11) is 1.68. The Morgan fingerprint density at radius 3 is 2.62 bits per heavy atom. The second kappa shape index (κ2) is 12.7. The van der Waals surface area contributed by atoms with Crippen molar-refractivity contribution in [1.82, 2.24) is 15.6 Å². The van der Waals surface area contributed by atoms with E-state index < -0.39 is 11.9 Å². The monoisotopic (exact) mass is 480 g/mol. The molecular weight excluding hydrogens is 456 g/mol. The van der Waals surface area contributed by atoms with E-state index in [0.717, 1.165) is 49.1 Å². The zero-order valence-electron chi connectivity index (χ0n) is 13.8. The number of alkyl halides is 3. The fraction of sp³-hybridized carbons (Fsp3) is 0.714. The van der Waals surface area contributed by atoms with Crippen LogP contribution in [0.25, 0.3) is 0 Å². The van der Waals surface area contributed by atoms with Gasteiger partial charge in [-0.1, -0.05) is 0 Å². The van der Waals surface area contributed by atoms with Crippen molar-refractivity contribution >= 4 is 41.3 Å². The van der Waals surface area contributed by atoms with Crippen molar-refractivity contribution in [1.29, 1.82) is 0 Å².